The third-order valence-corrected chi connectivity index (χ3v) is 5.08. The number of hydrogen-bond acceptors (Lipinski definition) is 4. The van der Waals surface area contributed by atoms with Crippen LogP contribution < -0.4 is 10.1 Å². The number of nitrogens with zero attached hydrogens (tertiary/aromatic N) is 2. The average Bonchev–Trinajstić information content (AvgIpc) is 2.72. The Kier molecular flexibility index (Phi) is 6.88. The van der Waals surface area contributed by atoms with Crippen LogP contribution in [0.25, 0.3) is 0 Å². The van der Waals surface area contributed by atoms with Crippen LogP contribution >= 0.6 is 0 Å². The van der Waals surface area contributed by atoms with E-state index in [9.17, 15) is 9.59 Å². The van der Waals surface area contributed by atoms with E-state index in [-0.39, 0.29) is 18.4 Å². The monoisotopic (exact) mass is 395 g/mol. The van der Waals surface area contributed by atoms with Crippen LogP contribution in [0, 0.1) is 0 Å². The van der Waals surface area contributed by atoms with Crippen molar-refractivity contribution in [3.05, 3.63) is 59.7 Å². The van der Waals surface area contributed by atoms with Gasteiger partial charge >= 0.3 is 0 Å². The predicted molar refractivity (Wildman–Crippen MR) is 114 cm³/mol. The molecule has 0 radical (unpaired) electrons. The maximum atomic E-state index is 12.7. The molecule has 154 valence electrons. The van der Waals surface area contributed by atoms with Gasteiger partial charge in [-0.05, 0) is 42.8 Å². The fourth-order valence-corrected chi connectivity index (χ4v) is 3.35. The Labute approximate surface area is 172 Å². The lowest BCUT2D eigenvalue weighted by Crippen LogP contribution is -2.47. The molecular formula is C23H29N3O3. The van der Waals surface area contributed by atoms with Crippen molar-refractivity contribution < 1.29 is 14.3 Å². The second kappa shape index (κ2) is 9.56. The Morgan fingerprint density at radius 1 is 1.03 bits per heavy atom. The minimum absolute atomic E-state index is 0.00342. The highest BCUT2D eigenvalue weighted by atomic mass is 16.5. The first kappa shape index (κ1) is 20.9. The molecule has 0 spiro atoms. The summed E-state index contributed by atoms with van der Waals surface area (Å²) in [5.74, 6) is 0.771. The van der Waals surface area contributed by atoms with Crippen molar-refractivity contribution in [2.24, 2.45) is 0 Å². The van der Waals surface area contributed by atoms with Gasteiger partial charge in [0.1, 0.15) is 5.75 Å². The van der Waals surface area contributed by atoms with Crippen molar-refractivity contribution in [2.75, 3.05) is 45.2 Å². The normalized spacial score (nSPS) is 14.7. The third-order valence-electron chi connectivity index (χ3n) is 5.08. The van der Waals surface area contributed by atoms with Crippen molar-refractivity contribution >= 4 is 17.5 Å². The van der Waals surface area contributed by atoms with Crippen LogP contribution in [0.1, 0.15) is 35.7 Å². The summed E-state index contributed by atoms with van der Waals surface area (Å²) >= 11 is 0. The smallest absolute Gasteiger partial charge is 0.262 e. The zero-order valence-corrected chi connectivity index (χ0v) is 17.4. The number of anilines is 1. The number of likely N-dealkylation sites (N-methyl/N-ethyl adjacent to an activating group) is 1. The second-order valence-corrected chi connectivity index (χ2v) is 7.71. The molecule has 6 nitrogen and oxygen atoms in total. The lowest BCUT2D eigenvalue weighted by atomic mass is 10.0. The van der Waals surface area contributed by atoms with Gasteiger partial charge in [-0.3, -0.25) is 9.59 Å². The van der Waals surface area contributed by atoms with E-state index in [0.29, 0.717) is 17.2 Å². The maximum absolute atomic E-state index is 12.7. The zero-order valence-electron chi connectivity index (χ0n) is 17.4. The third kappa shape index (κ3) is 5.57. The summed E-state index contributed by atoms with van der Waals surface area (Å²) in [5.41, 5.74) is 2.24. The van der Waals surface area contributed by atoms with Crippen LogP contribution in [0.15, 0.2) is 48.5 Å². The quantitative estimate of drug-likeness (QED) is 0.816. The molecule has 1 aliphatic heterocycles. The van der Waals surface area contributed by atoms with Crippen LogP contribution in [-0.2, 0) is 4.79 Å². The van der Waals surface area contributed by atoms with E-state index in [0.717, 1.165) is 37.5 Å². The zero-order chi connectivity index (χ0) is 20.8. The molecule has 2 amide bonds. The number of nitrogens with one attached hydrogen (secondary N) is 1. The largest absolute Gasteiger partial charge is 0.483 e. The highest BCUT2D eigenvalue weighted by Gasteiger charge is 2.20. The van der Waals surface area contributed by atoms with Crippen molar-refractivity contribution in [3.8, 4) is 5.75 Å². The van der Waals surface area contributed by atoms with Gasteiger partial charge in [-0.2, -0.15) is 0 Å². The molecule has 2 aromatic carbocycles. The SMILES string of the molecule is CC(C)c1ccccc1OCC(=O)Nc1cccc(C(=O)N2CCN(C)CC2)c1. The summed E-state index contributed by atoms with van der Waals surface area (Å²) in [7, 11) is 2.06. The van der Waals surface area contributed by atoms with Crippen LogP contribution in [0.5, 0.6) is 5.75 Å². The molecule has 1 heterocycles. The molecule has 1 N–H and O–H groups in total. The Hall–Kier alpha value is -2.86. The molecule has 6 heteroatoms. The molecule has 1 saturated heterocycles. The van der Waals surface area contributed by atoms with Crippen LogP contribution in [-0.4, -0.2) is 61.4 Å². The van der Waals surface area contributed by atoms with Gasteiger partial charge in [0.15, 0.2) is 6.61 Å². The van der Waals surface area contributed by atoms with Gasteiger partial charge in [0, 0.05) is 37.4 Å². The van der Waals surface area contributed by atoms with Gasteiger partial charge in [-0.25, -0.2) is 0 Å². The van der Waals surface area contributed by atoms with Gasteiger partial charge < -0.3 is 19.9 Å². The van der Waals surface area contributed by atoms with E-state index in [1.807, 2.05) is 29.2 Å². The predicted octanol–water partition coefficient (Wildman–Crippen LogP) is 3.22. The van der Waals surface area contributed by atoms with Crippen molar-refractivity contribution in [1.82, 2.24) is 9.80 Å². The molecule has 3 rings (SSSR count). The maximum Gasteiger partial charge on any atom is 0.262 e. The van der Waals surface area contributed by atoms with Gasteiger partial charge in [-0.1, -0.05) is 38.1 Å². The van der Waals surface area contributed by atoms with Gasteiger partial charge in [-0.15, -0.1) is 0 Å². The number of carbonyl (C=O) groups excluding carboxylic acids is 2. The van der Waals surface area contributed by atoms with Crippen LogP contribution in [0.4, 0.5) is 5.69 Å². The number of para-hydroxylation sites is 1. The standard InChI is InChI=1S/C23H29N3O3/c1-17(2)20-9-4-5-10-21(20)29-16-22(27)24-19-8-6-7-18(15-19)23(28)26-13-11-25(3)12-14-26/h4-10,15,17H,11-14,16H2,1-3H3,(H,24,27). The minimum Gasteiger partial charge on any atom is -0.483 e. The second-order valence-electron chi connectivity index (χ2n) is 7.71. The number of carbonyl (C=O) groups is 2. The van der Waals surface area contributed by atoms with Crippen molar-refractivity contribution in [3.63, 3.8) is 0 Å². The Balaban J connectivity index is 1.59. The summed E-state index contributed by atoms with van der Waals surface area (Å²) in [6, 6.07) is 14.8. The molecule has 2 aromatic rings. The van der Waals surface area contributed by atoms with Crippen molar-refractivity contribution in [1.29, 1.82) is 0 Å². The summed E-state index contributed by atoms with van der Waals surface area (Å²) in [6.45, 7) is 7.27. The molecule has 0 bridgehead atoms. The van der Waals surface area contributed by atoms with Crippen molar-refractivity contribution in [2.45, 2.75) is 19.8 Å². The molecule has 0 aromatic heterocycles. The Morgan fingerprint density at radius 3 is 2.48 bits per heavy atom. The number of piperazine rings is 1. The van der Waals surface area contributed by atoms with Gasteiger partial charge in [0.25, 0.3) is 11.8 Å². The molecule has 0 aliphatic carbocycles. The average molecular weight is 396 g/mol. The number of benzene rings is 2. The molecule has 0 saturated carbocycles. The fraction of sp³-hybridized carbons (Fsp3) is 0.391. The molecular weight excluding hydrogens is 366 g/mol. The molecule has 1 fully saturated rings. The summed E-state index contributed by atoms with van der Waals surface area (Å²) in [6.07, 6.45) is 0. The van der Waals surface area contributed by atoms with Crippen LogP contribution in [0.2, 0.25) is 0 Å². The first-order valence-corrected chi connectivity index (χ1v) is 10.0. The number of hydrogen-bond donors (Lipinski definition) is 1. The van der Waals surface area contributed by atoms with Gasteiger partial charge in [0.05, 0.1) is 0 Å². The summed E-state index contributed by atoms with van der Waals surface area (Å²) < 4.78 is 5.72. The van der Waals surface area contributed by atoms with E-state index in [2.05, 4.69) is 31.1 Å². The molecule has 29 heavy (non-hydrogen) atoms. The Morgan fingerprint density at radius 2 is 1.76 bits per heavy atom. The first-order chi connectivity index (χ1) is 13.9. The van der Waals surface area contributed by atoms with E-state index >= 15 is 0 Å². The lowest BCUT2D eigenvalue weighted by Gasteiger charge is -2.32. The topological polar surface area (TPSA) is 61.9 Å². The highest BCUT2D eigenvalue weighted by molar-refractivity contribution is 5.97. The number of rotatable bonds is 6. The van der Waals surface area contributed by atoms with E-state index in [1.54, 1.807) is 24.3 Å². The number of ether oxygens (including phenoxy) is 1. The first-order valence-electron chi connectivity index (χ1n) is 10.0. The summed E-state index contributed by atoms with van der Waals surface area (Å²) in [4.78, 5) is 29.1. The molecule has 0 atom stereocenters. The van der Waals surface area contributed by atoms with Crippen LogP contribution in [0.3, 0.4) is 0 Å². The highest BCUT2D eigenvalue weighted by Crippen LogP contribution is 2.25. The summed E-state index contributed by atoms with van der Waals surface area (Å²) in [5, 5.41) is 2.82. The molecule has 0 unspecified atom stereocenters. The lowest BCUT2D eigenvalue weighted by molar-refractivity contribution is -0.118. The number of amides is 2. The van der Waals surface area contributed by atoms with E-state index in [4.69, 9.17) is 4.74 Å². The van der Waals surface area contributed by atoms with Gasteiger partial charge in [0.2, 0.25) is 0 Å². The Bertz CT molecular complexity index is 858. The van der Waals surface area contributed by atoms with E-state index in [1.165, 1.54) is 0 Å². The fourth-order valence-electron chi connectivity index (χ4n) is 3.35. The van der Waals surface area contributed by atoms with E-state index < -0.39 is 0 Å². The minimum atomic E-state index is -0.257. The molecule has 1 aliphatic rings.